The average molecular weight is 257 g/mol. The lowest BCUT2D eigenvalue weighted by Gasteiger charge is -2.26. The predicted molar refractivity (Wildman–Crippen MR) is 77.4 cm³/mol. The molecule has 3 N–H and O–H groups in total. The highest BCUT2D eigenvalue weighted by molar-refractivity contribution is 5.76. The molecule has 0 aliphatic rings. The van der Waals surface area contributed by atoms with Crippen LogP contribution in [0, 0.1) is 11.8 Å². The van der Waals surface area contributed by atoms with Gasteiger partial charge in [0.15, 0.2) is 0 Å². The summed E-state index contributed by atoms with van der Waals surface area (Å²) in [5.74, 6) is 1.04. The van der Waals surface area contributed by atoms with E-state index in [1.165, 1.54) is 0 Å². The van der Waals surface area contributed by atoms with E-state index >= 15 is 0 Å². The van der Waals surface area contributed by atoms with Gasteiger partial charge in [0.2, 0.25) is 5.91 Å². The molecule has 0 rings (SSSR count). The van der Waals surface area contributed by atoms with Gasteiger partial charge in [0.25, 0.3) is 0 Å². The molecule has 0 saturated carbocycles. The van der Waals surface area contributed by atoms with Crippen LogP contribution >= 0.6 is 0 Å². The summed E-state index contributed by atoms with van der Waals surface area (Å²) in [6, 6.07) is 0.345. The Morgan fingerprint density at radius 2 is 1.78 bits per heavy atom. The van der Waals surface area contributed by atoms with Gasteiger partial charge >= 0.3 is 0 Å². The number of nitrogens with one attached hydrogen (secondary N) is 1. The predicted octanol–water partition coefficient (Wildman–Crippen LogP) is 1.45. The Bertz CT molecular complexity index is 239. The third kappa shape index (κ3) is 7.67. The van der Waals surface area contributed by atoms with Crippen molar-refractivity contribution in [2.75, 3.05) is 20.6 Å². The molecular weight excluding hydrogens is 226 g/mol. The Morgan fingerprint density at radius 1 is 1.22 bits per heavy atom. The highest BCUT2D eigenvalue weighted by Gasteiger charge is 2.16. The van der Waals surface area contributed by atoms with E-state index < -0.39 is 0 Å². The number of nitrogens with zero attached hydrogens (tertiary/aromatic N) is 1. The number of nitrogens with two attached hydrogens (primary N) is 1. The molecule has 1 amide bonds. The summed E-state index contributed by atoms with van der Waals surface area (Å²) in [6.07, 6.45) is 1.50. The van der Waals surface area contributed by atoms with E-state index in [4.69, 9.17) is 5.73 Å². The topological polar surface area (TPSA) is 58.4 Å². The van der Waals surface area contributed by atoms with Crippen LogP contribution in [0.1, 0.15) is 40.5 Å². The van der Waals surface area contributed by atoms with E-state index in [0.717, 1.165) is 6.42 Å². The summed E-state index contributed by atoms with van der Waals surface area (Å²) in [6.45, 7) is 9.19. The minimum atomic E-state index is -0.0482. The van der Waals surface area contributed by atoms with Crippen LogP contribution in [0.4, 0.5) is 0 Å². The Hall–Kier alpha value is -0.610. The number of hydrogen-bond acceptors (Lipinski definition) is 3. The Morgan fingerprint density at radius 3 is 2.17 bits per heavy atom. The van der Waals surface area contributed by atoms with Crippen LogP contribution in [0.5, 0.6) is 0 Å². The Kier molecular flexibility index (Phi) is 8.20. The summed E-state index contributed by atoms with van der Waals surface area (Å²) < 4.78 is 0. The highest BCUT2D eigenvalue weighted by Crippen LogP contribution is 2.08. The standard InChI is InChI=1S/C14H31N3O/c1-10(2)7-12(17(5)6)9-16-14(18)8-13(15)11(3)4/h10-13H,7-9,15H2,1-6H3,(H,16,18). The van der Waals surface area contributed by atoms with E-state index in [1.54, 1.807) is 0 Å². The van der Waals surface area contributed by atoms with E-state index in [1.807, 2.05) is 13.8 Å². The smallest absolute Gasteiger partial charge is 0.221 e. The summed E-state index contributed by atoms with van der Waals surface area (Å²) >= 11 is 0. The molecule has 0 saturated heterocycles. The molecule has 0 fully saturated rings. The zero-order valence-electron chi connectivity index (χ0n) is 12.9. The lowest BCUT2D eigenvalue weighted by Crippen LogP contribution is -2.43. The maximum Gasteiger partial charge on any atom is 0.221 e. The first kappa shape index (κ1) is 17.4. The van der Waals surface area contributed by atoms with Crippen molar-refractivity contribution in [3.05, 3.63) is 0 Å². The van der Waals surface area contributed by atoms with E-state index in [2.05, 4.69) is 38.2 Å². The first-order valence-electron chi connectivity index (χ1n) is 6.92. The second kappa shape index (κ2) is 8.48. The lowest BCUT2D eigenvalue weighted by molar-refractivity contribution is -0.121. The summed E-state index contributed by atoms with van der Waals surface area (Å²) in [5, 5.41) is 2.99. The first-order chi connectivity index (χ1) is 8.23. The summed E-state index contributed by atoms with van der Waals surface area (Å²) in [4.78, 5) is 13.9. The minimum absolute atomic E-state index is 0.0482. The molecule has 0 heterocycles. The Balaban J connectivity index is 4.07. The fraction of sp³-hybridized carbons (Fsp3) is 0.929. The van der Waals surface area contributed by atoms with Gasteiger partial charge in [-0.1, -0.05) is 27.7 Å². The van der Waals surface area contributed by atoms with Gasteiger partial charge in [0.05, 0.1) is 0 Å². The summed E-state index contributed by atoms with van der Waals surface area (Å²) in [5.41, 5.74) is 5.89. The van der Waals surface area contributed by atoms with Crippen molar-refractivity contribution >= 4 is 5.91 Å². The zero-order chi connectivity index (χ0) is 14.3. The van der Waals surface area contributed by atoms with Gasteiger partial charge in [-0.05, 0) is 32.4 Å². The van der Waals surface area contributed by atoms with Crippen molar-refractivity contribution in [3.8, 4) is 0 Å². The van der Waals surface area contributed by atoms with Crippen LogP contribution in [-0.4, -0.2) is 43.5 Å². The lowest BCUT2D eigenvalue weighted by atomic mass is 10.0. The number of carbonyl (C=O) groups is 1. The molecule has 2 unspecified atom stereocenters. The van der Waals surface area contributed by atoms with Crippen molar-refractivity contribution in [2.24, 2.45) is 17.6 Å². The van der Waals surface area contributed by atoms with Crippen LogP contribution in [0.25, 0.3) is 0 Å². The van der Waals surface area contributed by atoms with E-state index in [9.17, 15) is 4.79 Å². The van der Waals surface area contributed by atoms with Gasteiger partial charge in [-0.25, -0.2) is 0 Å². The third-order valence-electron chi connectivity index (χ3n) is 3.29. The molecule has 0 radical (unpaired) electrons. The molecule has 0 aliphatic heterocycles. The highest BCUT2D eigenvalue weighted by atomic mass is 16.1. The molecule has 0 aromatic rings. The van der Waals surface area contributed by atoms with Crippen LogP contribution < -0.4 is 11.1 Å². The van der Waals surface area contributed by atoms with Gasteiger partial charge in [0, 0.05) is 25.0 Å². The minimum Gasteiger partial charge on any atom is -0.354 e. The summed E-state index contributed by atoms with van der Waals surface area (Å²) in [7, 11) is 4.11. The molecule has 0 bridgehead atoms. The normalized spacial score (nSPS) is 15.2. The van der Waals surface area contributed by atoms with Crippen LogP contribution in [0.3, 0.4) is 0 Å². The van der Waals surface area contributed by atoms with Crippen LogP contribution in [0.2, 0.25) is 0 Å². The SMILES string of the molecule is CC(C)CC(CNC(=O)CC(N)C(C)C)N(C)C. The fourth-order valence-corrected chi connectivity index (χ4v) is 1.77. The second-order valence-corrected chi connectivity index (χ2v) is 6.16. The largest absolute Gasteiger partial charge is 0.354 e. The molecule has 0 aromatic carbocycles. The first-order valence-corrected chi connectivity index (χ1v) is 6.92. The molecule has 4 nitrogen and oxygen atoms in total. The maximum absolute atomic E-state index is 11.8. The number of amides is 1. The monoisotopic (exact) mass is 257 g/mol. The number of carbonyl (C=O) groups excluding carboxylic acids is 1. The zero-order valence-corrected chi connectivity index (χ0v) is 12.9. The molecule has 4 heteroatoms. The van der Waals surface area contributed by atoms with Gasteiger partial charge in [0.1, 0.15) is 0 Å². The van der Waals surface area contributed by atoms with Gasteiger partial charge in [-0.15, -0.1) is 0 Å². The van der Waals surface area contributed by atoms with Crippen molar-refractivity contribution in [3.63, 3.8) is 0 Å². The van der Waals surface area contributed by atoms with Crippen molar-refractivity contribution in [1.29, 1.82) is 0 Å². The van der Waals surface area contributed by atoms with Gasteiger partial charge in [-0.3, -0.25) is 4.79 Å². The molecule has 0 aliphatic carbocycles. The van der Waals surface area contributed by atoms with Crippen molar-refractivity contribution in [1.82, 2.24) is 10.2 Å². The van der Waals surface area contributed by atoms with Crippen molar-refractivity contribution in [2.45, 2.75) is 52.6 Å². The molecule has 2 atom stereocenters. The quantitative estimate of drug-likeness (QED) is 0.692. The molecule has 0 spiro atoms. The van der Waals surface area contributed by atoms with Gasteiger partial charge in [-0.2, -0.15) is 0 Å². The average Bonchev–Trinajstić information content (AvgIpc) is 2.22. The number of likely N-dealkylation sites (N-methyl/N-ethyl adjacent to an activating group) is 1. The molecular formula is C14H31N3O. The maximum atomic E-state index is 11.8. The molecule has 0 aromatic heterocycles. The second-order valence-electron chi connectivity index (χ2n) is 6.16. The van der Waals surface area contributed by atoms with Crippen molar-refractivity contribution < 1.29 is 4.79 Å². The number of hydrogen-bond donors (Lipinski definition) is 2. The third-order valence-corrected chi connectivity index (χ3v) is 3.29. The molecule has 18 heavy (non-hydrogen) atoms. The number of rotatable bonds is 8. The van der Waals surface area contributed by atoms with E-state index in [-0.39, 0.29) is 11.9 Å². The fourth-order valence-electron chi connectivity index (χ4n) is 1.77. The van der Waals surface area contributed by atoms with Crippen LogP contribution in [0.15, 0.2) is 0 Å². The Labute approximate surface area is 112 Å². The van der Waals surface area contributed by atoms with Gasteiger partial charge < -0.3 is 16.0 Å². The van der Waals surface area contributed by atoms with Crippen LogP contribution in [-0.2, 0) is 4.79 Å². The van der Waals surface area contributed by atoms with E-state index in [0.29, 0.717) is 30.8 Å². The molecule has 108 valence electrons.